The highest BCUT2D eigenvalue weighted by Crippen LogP contribution is 2.23. The first-order valence-electron chi connectivity index (χ1n) is 6.50. The second kappa shape index (κ2) is 7.00. The summed E-state index contributed by atoms with van der Waals surface area (Å²) in [6.45, 7) is 4.39. The van der Waals surface area contributed by atoms with Crippen molar-refractivity contribution in [1.29, 1.82) is 5.26 Å². The van der Waals surface area contributed by atoms with E-state index in [2.05, 4.69) is 13.8 Å². The Labute approximate surface area is 108 Å². The van der Waals surface area contributed by atoms with Crippen molar-refractivity contribution in [2.75, 3.05) is 0 Å². The molecule has 18 heavy (non-hydrogen) atoms. The summed E-state index contributed by atoms with van der Waals surface area (Å²) >= 11 is 0. The number of aryl methyl sites for hydroxylation is 1. The fraction of sp³-hybridized carbons (Fsp3) is 0.533. The van der Waals surface area contributed by atoms with Gasteiger partial charge in [-0.25, -0.2) is 4.39 Å². The van der Waals surface area contributed by atoms with E-state index in [9.17, 15) is 9.50 Å². The zero-order valence-corrected chi connectivity index (χ0v) is 11.0. The summed E-state index contributed by atoms with van der Waals surface area (Å²) in [7, 11) is 0. The van der Waals surface area contributed by atoms with E-state index in [1.807, 2.05) is 0 Å². The van der Waals surface area contributed by atoms with Crippen LogP contribution in [0, 0.1) is 23.1 Å². The Balaban J connectivity index is 2.57. The first kappa shape index (κ1) is 14.5. The normalized spacial score (nSPS) is 12.1. The molecule has 98 valence electrons. The van der Waals surface area contributed by atoms with Crippen LogP contribution in [-0.2, 0) is 6.42 Å². The summed E-state index contributed by atoms with van der Waals surface area (Å²) in [5.41, 5.74) is 0.491. The lowest BCUT2D eigenvalue weighted by Crippen LogP contribution is -1.96. The molecule has 0 amide bonds. The number of nitrogens with zero attached hydrogens (tertiary/aromatic N) is 1. The highest BCUT2D eigenvalue weighted by Gasteiger charge is 2.10. The number of hydrogen-bond acceptors (Lipinski definition) is 2. The molecule has 1 aromatic rings. The summed E-state index contributed by atoms with van der Waals surface area (Å²) in [6, 6.07) is 4.50. The zero-order valence-electron chi connectivity index (χ0n) is 11.0. The van der Waals surface area contributed by atoms with Gasteiger partial charge in [0, 0.05) is 0 Å². The Bertz CT molecular complexity index is 414. The predicted molar refractivity (Wildman–Crippen MR) is 69.8 cm³/mol. The van der Waals surface area contributed by atoms with E-state index in [0.29, 0.717) is 5.92 Å². The molecule has 0 fully saturated rings. The first-order valence-corrected chi connectivity index (χ1v) is 6.50. The van der Waals surface area contributed by atoms with Crippen molar-refractivity contribution in [3.05, 3.63) is 29.1 Å². The molecule has 0 bridgehead atoms. The fourth-order valence-electron chi connectivity index (χ4n) is 2.19. The maximum Gasteiger partial charge on any atom is 0.145 e. The lowest BCUT2D eigenvalue weighted by atomic mass is 9.97. The number of hydrogen-bond donors (Lipinski definition) is 1. The van der Waals surface area contributed by atoms with Gasteiger partial charge in [-0.05, 0) is 36.5 Å². The minimum atomic E-state index is -0.630. The molecule has 0 aliphatic rings. The van der Waals surface area contributed by atoms with Crippen molar-refractivity contribution in [3.8, 4) is 11.8 Å². The Morgan fingerprint density at radius 2 is 2.11 bits per heavy atom. The summed E-state index contributed by atoms with van der Waals surface area (Å²) in [6.07, 6.45) is 5.23. The van der Waals surface area contributed by atoms with Gasteiger partial charge in [0.15, 0.2) is 0 Å². The molecule has 1 rings (SSSR count). The molecular formula is C15H20FNO. The quantitative estimate of drug-likeness (QED) is 0.822. The summed E-state index contributed by atoms with van der Waals surface area (Å²) in [5, 5.41) is 18.2. The summed E-state index contributed by atoms with van der Waals surface area (Å²) in [4.78, 5) is 0. The molecule has 0 spiro atoms. The van der Waals surface area contributed by atoms with Crippen molar-refractivity contribution >= 4 is 0 Å². The van der Waals surface area contributed by atoms with E-state index in [1.54, 1.807) is 6.07 Å². The van der Waals surface area contributed by atoms with Crippen LogP contribution in [0.25, 0.3) is 0 Å². The van der Waals surface area contributed by atoms with E-state index in [1.165, 1.54) is 25.0 Å². The molecule has 0 aliphatic carbocycles. The standard InChI is InChI=1S/C15H20FNO/c1-3-5-11(2)6-4-7-12-8-14(16)13(10-17)15(18)9-12/h8-9,11,18H,3-7H2,1-2H3. The Hall–Kier alpha value is -1.56. The molecule has 0 aliphatic heterocycles. The SMILES string of the molecule is CCCC(C)CCCc1cc(O)c(C#N)c(F)c1. The first-order chi connectivity index (χ1) is 8.58. The van der Waals surface area contributed by atoms with Gasteiger partial charge in [0.1, 0.15) is 23.2 Å². The Kier molecular flexibility index (Phi) is 5.64. The monoisotopic (exact) mass is 249 g/mol. The van der Waals surface area contributed by atoms with Crippen LogP contribution in [0.1, 0.15) is 50.7 Å². The van der Waals surface area contributed by atoms with Gasteiger partial charge in [-0.1, -0.05) is 33.1 Å². The third kappa shape index (κ3) is 4.03. The molecule has 0 radical (unpaired) electrons. The molecular weight excluding hydrogens is 229 g/mol. The second-order valence-electron chi connectivity index (χ2n) is 4.87. The Morgan fingerprint density at radius 3 is 2.67 bits per heavy atom. The van der Waals surface area contributed by atoms with Gasteiger partial charge in [0.2, 0.25) is 0 Å². The van der Waals surface area contributed by atoms with Crippen LogP contribution >= 0.6 is 0 Å². The molecule has 1 aromatic carbocycles. The number of halogens is 1. The van der Waals surface area contributed by atoms with Gasteiger partial charge < -0.3 is 5.11 Å². The maximum absolute atomic E-state index is 13.4. The van der Waals surface area contributed by atoms with Crippen molar-refractivity contribution in [2.45, 2.75) is 46.0 Å². The molecule has 1 N–H and O–H groups in total. The number of phenols is 1. The van der Waals surface area contributed by atoms with Gasteiger partial charge in [-0.2, -0.15) is 5.26 Å². The molecule has 1 unspecified atom stereocenters. The molecule has 3 heteroatoms. The van der Waals surface area contributed by atoms with Crippen LogP contribution in [0.5, 0.6) is 5.75 Å². The van der Waals surface area contributed by atoms with E-state index in [-0.39, 0.29) is 11.3 Å². The molecule has 0 saturated heterocycles. The summed E-state index contributed by atoms with van der Waals surface area (Å²) in [5.74, 6) is -0.199. The lowest BCUT2D eigenvalue weighted by molar-refractivity contribution is 0.460. The fourth-order valence-corrected chi connectivity index (χ4v) is 2.19. The second-order valence-corrected chi connectivity index (χ2v) is 4.87. The van der Waals surface area contributed by atoms with E-state index < -0.39 is 5.82 Å². The van der Waals surface area contributed by atoms with Crippen LogP contribution in [0.3, 0.4) is 0 Å². The third-order valence-corrected chi connectivity index (χ3v) is 3.18. The Morgan fingerprint density at radius 1 is 1.39 bits per heavy atom. The lowest BCUT2D eigenvalue weighted by Gasteiger charge is -2.10. The van der Waals surface area contributed by atoms with Crippen molar-refractivity contribution < 1.29 is 9.50 Å². The number of benzene rings is 1. The van der Waals surface area contributed by atoms with Crippen LogP contribution in [-0.4, -0.2) is 5.11 Å². The maximum atomic E-state index is 13.4. The smallest absolute Gasteiger partial charge is 0.145 e. The summed E-state index contributed by atoms with van der Waals surface area (Å²) < 4.78 is 13.4. The van der Waals surface area contributed by atoms with Gasteiger partial charge in [0.05, 0.1) is 0 Å². The van der Waals surface area contributed by atoms with E-state index in [0.717, 1.165) is 24.8 Å². The zero-order chi connectivity index (χ0) is 13.5. The average molecular weight is 249 g/mol. The highest BCUT2D eigenvalue weighted by atomic mass is 19.1. The number of phenolic OH excluding ortho intramolecular Hbond substituents is 1. The predicted octanol–water partition coefficient (Wildman–Crippen LogP) is 4.16. The van der Waals surface area contributed by atoms with Crippen LogP contribution in [0.15, 0.2) is 12.1 Å². The number of nitriles is 1. The third-order valence-electron chi connectivity index (χ3n) is 3.18. The average Bonchev–Trinajstić information content (AvgIpc) is 2.29. The number of aromatic hydroxyl groups is 1. The van der Waals surface area contributed by atoms with Crippen molar-refractivity contribution in [2.24, 2.45) is 5.92 Å². The van der Waals surface area contributed by atoms with Gasteiger partial charge in [-0.3, -0.25) is 0 Å². The molecule has 0 saturated carbocycles. The van der Waals surface area contributed by atoms with Crippen molar-refractivity contribution in [1.82, 2.24) is 0 Å². The molecule has 1 atom stereocenters. The van der Waals surface area contributed by atoms with Crippen LogP contribution in [0.4, 0.5) is 4.39 Å². The largest absolute Gasteiger partial charge is 0.506 e. The van der Waals surface area contributed by atoms with E-state index in [4.69, 9.17) is 5.26 Å². The molecule has 0 heterocycles. The molecule has 0 aromatic heterocycles. The van der Waals surface area contributed by atoms with Gasteiger partial charge >= 0.3 is 0 Å². The topological polar surface area (TPSA) is 44.0 Å². The van der Waals surface area contributed by atoms with Crippen LogP contribution < -0.4 is 0 Å². The number of rotatable bonds is 6. The minimum absolute atomic E-state index is 0.255. The minimum Gasteiger partial charge on any atom is -0.506 e. The van der Waals surface area contributed by atoms with Crippen molar-refractivity contribution in [3.63, 3.8) is 0 Å². The van der Waals surface area contributed by atoms with Gasteiger partial charge in [0.25, 0.3) is 0 Å². The van der Waals surface area contributed by atoms with Crippen LogP contribution in [0.2, 0.25) is 0 Å². The highest BCUT2D eigenvalue weighted by molar-refractivity contribution is 5.45. The van der Waals surface area contributed by atoms with E-state index >= 15 is 0 Å². The molecule has 2 nitrogen and oxygen atoms in total. The van der Waals surface area contributed by atoms with Gasteiger partial charge in [-0.15, -0.1) is 0 Å².